The Labute approximate surface area is 176 Å². The predicted octanol–water partition coefficient (Wildman–Crippen LogP) is 4.13. The number of amides is 1. The van der Waals surface area contributed by atoms with Gasteiger partial charge in [0.1, 0.15) is 0 Å². The second-order valence-electron chi connectivity index (χ2n) is 8.90. The van der Waals surface area contributed by atoms with Crippen molar-refractivity contribution in [1.82, 2.24) is 15.1 Å². The van der Waals surface area contributed by atoms with Gasteiger partial charge in [0.05, 0.1) is 6.20 Å². The molecule has 0 aliphatic carbocycles. The van der Waals surface area contributed by atoms with Crippen molar-refractivity contribution in [1.29, 1.82) is 0 Å². The molecule has 2 fully saturated rings. The molecule has 3 aliphatic heterocycles. The normalized spacial score (nSPS) is 24.5. The van der Waals surface area contributed by atoms with E-state index in [0.717, 1.165) is 49.9 Å². The highest BCUT2D eigenvalue weighted by atomic mass is 16.2. The largest absolute Gasteiger partial charge is 0.371 e. The molecule has 0 saturated carbocycles. The number of carbonyl (C=O) groups is 1. The van der Waals surface area contributed by atoms with Crippen molar-refractivity contribution < 1.29 is 4.79 Å². The zero-order chi connectivity index (χ0) is 20.1. The number of H-pyrrole nitrogens is 1. The monoisotopic (exact) mass is 398 g/mol. The summed E-state index contributed by atoms with van der Waals surface area (Å²) in [5, 5.41) is 6.97. The summed E-state index contributed by atoms with van der Waals surface area (Å²) in [5.41, 5.74) is 5.98. The molecule has 5 heteroatoms. The van der Waals surface area contributed by atoms with Gasteiger partial charge in [-0.15, -0.1) is 0 Å². The summed E-state index contributed by atoms with van der Waals surface area (Å²) in [6.45, 7) is 2.13. The number of hydrogen-bond acceptors (Lipinski definition) is 3. The van der Waals surface area contributed by atoms with E-state index in [2.05, 4.69) is 38.2 Å². The molecule has 30 heavy (non-hydrogen) atoms. The lowest BCUT2D eigenvalue weighted by Gasteiger charge is -2.29. The van der Waals surface area contributed by atoms with E-state index in [4.69, 9.17) is 0 Å². The first kappa shape index (κ1) is 17.8. The molecule has 3 unspecified atom stereocenters. The molecule has 4 heterocycles. The van der Waals surface area contributed by atoms with Crippen molar-refractivity contribution in [2.24, 2.45) is 5.92 Å². The molecule has 1 aromatic heterocycles. The van der Waals surface area contributed by atoms with E-state index in [0.29, 0.717) is 18.0 Å². The lowest BCUT2D eigenvalue weighted by molar-refractivity contribution is 0.0719. The van der Waals surface area contributed by atoms with Crippen LogP contribution in [0.4, 0.5) is 5.69 Å². The smallest absolute Gasteiger partial charge is 0.254 e. The van der Waals surface area contributed by atoms with Crippen LogP contribution in [-0.4, -0.2) is 46.2 Å². The summed E-state index contributed by atoms with van der Waals surface area (Å²) < 4.78 is 0. The zero-order valence-electron chi connectivity index (χ0n) is 17.0. The van der Waals surface area contributed by atoms with Gasteiger partial charge in [0, 0.05) is 48.2 Å². The summed E-state index contributed by atoms with van der Waals surface area (Å²) in [6.07, 6.45) is 8.36. The van der Waals surface area contributed by atoms with E-state index in [1.54, 1.807) is 0 Å². The van der Waals surface area contributed by atoms with Crippen LogP contribution in [0.5, 0.6) is 0 Å². The quantitative estimate of drug-likeness (QED) is 0.719. The first-order valence-electron chi connectivity index (χ1n) is 11.0. The van der Waals surface area contributed by atoms with Gasteiger partial charge in [0.2, 0.25) is 0 Å². The van der Waals surface area contributed by atoms with Gasteiger partial charge in [-0.3, -0.25) is 9.89 Å². The third-order valence-corrected chi connectivity index (χ3v) is 7.28. The van der Waals surface area contributed by atoms with Crippen molar-refractivity contribution in [2.45, 2.75) is 37.8 Å². The molecule has 0 spiro atoms. The standard InChI is InChI=1S/C25H26N4O/c30-25(17-4-2-1-3-5-17)29-22-7-9-24(29)20(13-22)16-28-11-10-19-12-18(6-8-23(19)28)21-14-26-27-15-21/h1-6,8,12,14-15,20,22,24H,7,9-11,13,16H2,(H,26,27). The number of anilines is 1. The van der Waals surface area contributed by atoms with Gasteiger partial charge in [-0.05, 0) is 67.0 Å². The van der Waals surface area contributed by atoms with E-state index < -0.39 is 0 Å². The van der Waals surface area contributed by atoms with Crippen molar-refractivity contribution in [2.75, 3.05) is 18.0 Å². The molecule has 3 aliphatic rings. The highest BCUT2D eigenvalue weighted by Crippen LogP contribution is 2.44. The van der Waals surface area contributed by atoms with Gasteiger partial charge < -0.3 is 9.80 Å². The minimum Gasteiger partial charge on any atom is -0.371 e. The van der Waals surface area contributed by atoms with Crippen molar-refractivity contribution in [3.8, 4) is 11.1 Å². The summed E-state index contributed by atoms with van der Waals surface area (Å²) >= 11 is 0. The topological polar surface area (TPSA) is 52.2 Å². The fraction of sp³-hybridized carbons (Fsp3) is 0.360. The van der Waals surface area contributed by atoms with Crippen LogP contribution in [0, 0.1) is 5.92 Å². The Kier molecular flexibility index (Phi) is 4.15. The molecule has 152 valence electrons. The fourth-order valence-electron chi connectivity index (χ4n) is 5.89. The van der Waals surface area contributed by atoms with Crippen molar-refractivity contribution in [3.05, 3.63) is 72.1 Å². The number of fused-ring (bicyclic) bond motifs is 3. The second-order valence-corrected chi connectivity index (χ2v) is 8.90. The molecule has 3 atom stereocenters. The Morgan fingerprint density at radius 1 is 1.10 bits per heavy atom. The van der Waals surface area contributed by atoms with Crippen LogP contribution >= 0.6 is 0 Å². The third kappa shape index (κ3) is 2.83. The minimum absolute atomic E-state index is 0.220. The average Bonchev–Trinajstić information content (AvgIpc) is 3.58. The summed E-state index contributed by atoms with van der Waals surface area (Å²) in [6, 6.07) is 17.4. The lowest BCUT2D eigenvalue weighted by Crippen LogP contribution is -2.39. The Hall–Kier alpha value is -3.08. The van der Waals surface area contributed by atoms with Gasteiger partial charge in [0.15, 0.2) is 0 Å². The Morgan fingerprint density at radius 3 is 2.83 bits per heavy atom. The summed E-state index contributed by atoms with van der Waals surface area (Å²) in [4.78, 5) is 17.9. The molecule has 6 rings (SSSR count). The van der Waals surface area contributed by atoms with E-state index >= 15 is 0 Å². The fourth-order valence-corrected chi connectivity index (χ4v) is 5.89. The Bertz CT molecular complexity index is 1060. The molecule has 2 aromatic carbocycles. The predicted molar refractivity (Wildman–Crippen MR) is 117 cm³/mol. The summed E-state index contributed by atoms with van der Waals surface area (Å²) in [7, 11) is 0. The maximum Gasteiger partial charge on any atom is 0.254 e. The number of benzene rings is 2. The van der Waals surface area contributed by atoms with Gasteiger partial charge in [-0.2, -0.15) is 5.10 Å². The number of aromatic nitrogens is 2. The highest BCUT2D eigenvalue weighted by Gasteiger charge is 2.49. The van der Waals surface area contributed by atoms with Crippen LogP contribution < -0.4 is 4.90 Å². The zero-order valence-corrected chi connectivity index (χ0v) is 17.0. The van der Waals surface area contributed by atoms with E-state index in [1.165, 1.54) is 16.8 Å². The van der Waals surface area contributed by atoms with Crippen LogP contribution in [0.2, 0.25) is 0 Å². The average molecular weight is 399 g/mol. The molecular weight excluding hydrogens is 372 g/mol. The maximum absolute atomic E-state index is 13.1. The highest BCUT2D eigenvalue weighted by molar-refractivity contribution is 5.95. The Morgan fingerprint density at radius 2 is 2.00 bits per heavy atom. The maximum atomic E-state index is 13.1. The third-order valence-electron chi connectivity index (χ3n) is 7.28. The van der Waals surface area contributed by atoms with Gasteiger partial charge in [-0.1, -0.05) is 24.3 Å². The van der Waals surface area contributed by atoms with Crippen molar-refractivity contribution in [3.63, 3.8) is 0 Å². The first-order chi connectivity index (χ1) is 14.8. The van der Waals surface area contributed by atoms with Crippen LogP contribution in [0.15, 0.2) is 60.9 Å². The van der Waals surface area contributed by atoms with Gasteiger partial charge in [0.25, 0.3) is 5.91 Å². The number of hydrogen-bond donors (Lipinski definition) is 1. The minimum atomic E-state index is 0.220. The van der Waals surface area contributed by atoms with Crippen LogP contribution in [-0.2, 0) is 6.42 Å². The SMILES string of the molecule is O=C(c1ccccc1)N1C2CCC1C(CN1CCc3cc(-c4cn[nH]c4)ccc31)C2. The van der Waals surface area contributed by atoms with E-state index in [1.807, 2.05) is 42.7 Å². The Balaban J connectivity index is 1.19. The molecule has 2 saturated heterocycles. The van der Waals surface area contributed by atoms with Crippen molar-refractivity contribution >= 4 is 11.6 Å². The number of nitrogens with zero attached hydrogens (tertiary/aromatic N) is 3. The van der Waals surface area contributed by atoms with Crippen LogP contribution in [0.25, 0.3) is 11.1 Å². The number of rotatable bonds is 4. The van der Waals surface area contributed by atoms with Gasteiger partial charge >= 0.3 is 0 Å². The molecule has 3 aromatic rings. The molecule has 1 N–H and O–H groups in total. The van der Waals surface area contributed by atoms with Crippen LogP contribution in [0.3, 0.4) is 0 Å². The molecule has 2 bridgehead atoms. The number of carbonyl (C=O) groups excluding carboxylic acids is 1. The lowest BCUT2D eigenvalue weighted by atomic mass is 9.89. The molecular formula is C25H26N4O. The molecule has 5 nitrogen and oxygen atoms in total. The number of nitrogens with one attached hydrogen (secondary N) is 1. The van der Waals surface area contributed by atoms with E-state index in [-0.39, 0.29) is 5.91 Å². The van der Waals surface area contributed by atoms with Gasteiger partial charge in [-0.25, -0.2) is 0 Å². The van der Waals surface area contributed by atoms with E-state index in [9.17, 15) is 4.79 Å². The molecule has 0 radical (unpaired) electrons. The summed E-state index contributed by atoms with van der Waals surface area (Å²) in [5.74, 6) is 0.785. The number of aromatic amines is 1. The second kappa shape index (κ2) is 7.01. The molecule has 1 amide bonds. The first-order valence-corrected chi connectivity index (χ1v) is 11.0. The van der Waals surface area contributed by atoms with Crippen LogP contribution in [0.1, 0.15) is 35.2 Å².